The molecule has 0 aromatic heterocycles. The van der Waals surface area contributed by atoms with Gasteiger partial charge in [-0.05, 0) is 61.1 Å². The molecule has 0 aliphatic rings. The molecule has 2 aromatic carbocycles. The van der Waals surface area contributed by atoms with Crippen LogP contribution in [0.3, 0.4) is 0 Å². The molecule has 2 rings (SSSR count). The van der Waals surface area contributed by atoms with Crippen molar-refractivity contribution in [2.75, 3.05) is 0 Å². The quantitative estimate of drug-likeness (QED) is 0.637. The Labute approximate surface area is 110 Å². The lowest BCUT2D eigenvalue weighted by Gasteiger charge is -2.12. The highest BCUT2D eigenvalue weighted by molar-refractivity contribution is 5.74. The molecular formula is C18H20. The molecule has 0 saturated heterocycles. The van der Waals surface area contributed by atoms with Gasteiger partial charge < -0.3 is 0 Å². The van der Waals surface area contributed by atoms with Gasteiger partial charge in [-0.1, -0.05) is 48.6 Å². The minimum atomic E-state index is 1.25. The van der Waals surface area contributed by atoms with Crippen LogP contribution in [0.15, 0.2) is 36.4 Å². The lowest BCUT2D eigenvalue weighted by molar-refractivity contribution is 1.23. The van der Waals surface area contributed by atoms with Crippen LogP contribution in [0.25, 0.3) is 12.2 Å². The SMILES string of the molecule is Cc1cc(C)c(C)c(C=Cc2ccccc2)c1C. The molecule has 0 heterocycles. The largest absolute Gasteiger partial charge is 0.0622 e. The van der Waals surface area contributed by atoms with Gasteiger partial charge in [0, 0.05) is 0 Å². The molecule has 0 spiro atoms. The predicted molar refractivity (Wildman–Crippen MR) is 80.8 cm³/mol. The van der Waals surface area contributed by atoms with Gasteiger partial charge in [0.15, 0.2) is 0 Å². The van der Waals surface area contributed by atoms with E-state index in [1.807, 2.05) is 6.07 Å². The Morgan fingerprint density at radius 1 is 0.722 bits per heavy atom. The number of hydrogen-bond donors (Lipinski definition) is 0. The standard InChI is InChI=1S/C18H20/c1-13-12-14(2)16(4)18(15(13)3)11-10-17-8-6-5-7-9-17/h5-12H,1-4H3. The third-order valence-electron chi connectivity index (χ3n) is 3.67. The van der Waals surface area contributed by atoms with Crippen LogP contribution < -0.4 is 0 Å². The average Bonchev–Trinajstić information content (AvgIpc) is 2.38. The molecule has 0 aliphatic carbocycles. The molecule has 0 radical (unpaired) electrons. The monoisotopic (exact) mass is 236 g/mol. The Balaban J connectivity index is 2.44. The van der Waals surface area contributed by atoms with E-state index in [4.69, 9.17) is 0 Å². The summed E-state index contributed by atoms with van der Waals surface area (Å²) in [5.41, 5.74) is 8.10. The summed E-state index contributed by atoms with van der Waals surface area (Å²) >= 11 is 0. The van der Waals surface area contributed by atoms with Gasteiger partial charge in [0.2, 0.25) is 0 Å². The molecular weight excluding hydrogens is 216 g/mol. The van der Waals surface area contributed by atoms with Gasteiger partial charge >= 0.3 is 0 Å². The highest BCUT2D eigenvalue weighted by Crippen LogP contribution is 2.23. The minimum absolute atomic E-state index is 1.25. The summed E-state index contributed by atoms with van der Waals surface area (Å²) in [5, 5.41) is 0. The van der Waals surface area contributed by atoms with Gasteiger partial charge in [-0.2, -0.15) is 0 Å². The molecule has 0 aliphatic heterocycles. The first kappa shape index (κ1) is 12.6. The summed E-state index contributed by atoms with van der Waals surface area (Å²) in [5.74, 6) is 0. The summed E-state index contributed by atoms with van der Waals surface area (Å²) in [4.78, 5) is 0. The Morgan fingerprint density at radius 3 is 1.83 bits per heavy atom. The van der Waals surface area contributed by atoms with E-state index < -0.39 is 0 Å². The van der Waals surface area contributed by atoms with Gasteiger partial charge in [-0.3, -0.25) is 0 Å². The van der Waals surface area contributed by atoms with Crippen molar-refractivity contribution in [2.45, 2.75) is 27.7 Å². The maximum Gasteiger partial charge on any atom is -0.0193 e. The van der Waals surface area contributed by atoms with E-state index in [2.05, 4.69) is 70.2 Å². The molecule has 0 fully saturated rings. The third kappa shape index (κ3) is 2.53. The number of hydrogen-bond acceptors (Lipinski definition) is 0. The molecule has 18 heavy (non-hydrogen) atoms. The average molecular weight is 236 g/mol. The summed E-state index contributed by atoms with van der Waals surface area (Å²) in [6.07, 6.45) is 4.42. The Hall–Kier alpha value is -1.82. The van der Waals surface area contributed by atoms with Gasteiger partial charge in [-0.25, -0.2) is 0 Å². The summed E-state index contributed by atoms with van der Waals surface area (Å²) in [7, 11) is 0. The van der Waals surface area contributed by atoms with Gasteiger partial charge in [0.1, 0.15) is 0 Å². The molecule has 0 amide bonds. The van der Waals surface area contributed by atoms with E-state index in [0.29, 0.717) is 0 Å². The fourth-order valence-electron chi connectivity index (χ4n) is 2.24. The zero-order chi connectivity index (χ0) is 13.1. The topological polar surface area (TPSA) is 0 Å². The van der Waals surface area contributed by atoms with Crippen molar-refractivity contribution >= 4 is 12.2 Å². The van der Waals surface area contributed by atoms with Crippen LogP contribution in [0.5, 0.6) is 0 Å². The molecule has 0 N–H and O–H groups in total. The second kappa shape index (κ2) is 5.22. The van der Waals surface area contributed by atoms with Crippen LogP contribution in [0.1, 0.15) is 33.4 Å². The smallest absolute Gasteiger partial charge is 0.0193 e. The van der Waals surface area contributed by atoms with Crippen LogP contribution in [-0.4, -0.2) is 0 Å². The second-order valence-corrected chi connectivity index (χ2v) is 4.92. The Morgan fingerprint density at radius 2 is 1.28 bits per heavy atom. The van der Waals surface area contributed by atoms with Gasteiger partial charge in [-0.15, -0.1) is 0 Å². The Bertz CT molecular complexity index is 548. The highest BCUT2D eigenvalue weighted by Gasteiger charge is 2.05. The van der Waals surface area contributed by atoms with Crippen LogP contribution in [-0.2, 0) is 0 Å². The summed E-state index contributed by atoms with van der Waals surface area (Å²) < 4.78 is 0. The molecule has 0 atom stereocenters. The first-order valence-corrected chi connectivity index (χ1v) is 6.40. The minimum Gasteiger partial charge on any atom is -0.0622 e. The number of aryl methyl sites for hydroxylation is 2. The summed E-state index contributed by atoms with van der Waals surface area (Å²) in [6.45, 7) is 8.77. The predicted octanol–water partition coefficient (Wildman–Crippen LogP) is 5.09. The Kier molecular flexibility index (Phi) is 3.66. The van der Waals surface area contributed by atoms with Crippen molar-refractivity contribution in [1.29, 1.82) is 0 Å². The molecule has 0 heteroatoms. The fraction of sp³-hybridized carbons (Fsp3) is 0.222. The molecule has 0 nitrogen and oxygen atoms in total. The van der Waals surface area contributed by atoms with E-state index in [1.54, 1.807) is 0 Å². The molecule has 0 saturated carbocycles. The molecule has 0 bridgehead atoms. The summed E-state index contributed by atoms with van der Waals surface area (Å²) in [6, 6.07) is 12.7. The van der Waals surface area contributed by atoms with E-state index in [9.17, 15) is 0 Å². The zero-order valence-electron chi connectivity index (χ0n) is 11.6. The van der Waals surface area contributed by atoms with Crippen LogP contribution in [0.4, 0.5) is 0 Å². The fourth-order valence-corrected chi connectivity index (χ4v) is 2.24. The van der Waals surface area contributed by atoms with Crippen LogP contribution in [0, 0.1) is 27.7 Å². The second-order valence-electron chi connectivity index (χ2n) is 4.92. The molecule has 2 aromatic rings. The normalized spacial score (nSPS) is 11.1. The van der Waals surface area contributed by atoms with E-state index in [-0.39, 0.29) is 0 Å². The van der Waals surface area contributed by atoms with Gasteiger partial charge in [0.05, 0.1) is 0 Å². The first-order chi connectivity index (χ1) is 8.59. The maximum absolute atomic E-state index is 2.27. The van der Waals surface area contributed by atoms with E-state index in [0.717, 1.165) is 0 Å². The lowest BCUT2D eigenvalue weighted by Crippen LogP contribution is -1.94. The zero-order valence-corrected chi connectivity index (χ0v) is 11.6. The highest BCUT2D eigenvalue weighted by atomic mass is 14.1. The van der Waals surface area contributed by atoms with Crippen molar-refractivity contribution in [1.82, 2.24) is 0 Å². The van der Waals surface area contributed by atoms with Crippen molar-refractivity contribution in [3.63, 3.8) is 0 Å². The maximum atomic E-state index is 2.27. The van der Waals surface area contributed by atoms with Crippen LogP contribution in [0.2, 0.25) is 0 Å². The molecule has 0 unspecified atom stereocenters. The lowest BCUT2D eigenvalue weighted by atomic mass is 9.93. The third-order valence-corrected chi connectivity index (χ3v) is 3.67. The molecule has 92 valence electrons. The van der Waals surface area contributed by atoms with Gasteiger partial charge in [0.25, 0.3) is 0 Å². The number of rotatable bonds is 2. The number of benzene rings is 2. The van der Waals surface area contributed by atoms with Crippen molar-refractivity contribution in [3.05, 3.63) is 69.8 Å². The first-order valence-electron chi connectivity index (χ1n) is 6.40. The van der Waals surface area contributed by atoms with Crippen molar-refractivity contribution < 1.29 is 0 Å². The van der Waals surface area contributed by atoms with E-state index in [1.165, 1.54) is 33.4 Å². The van der Waals surface area contributed by atoms with Crippen molar-refractivity contribution in [3.8, 4) is 0 Å². The van der Waals surface area contributed by atoms with E-state index >= 15 is 0 Å². The van der Waals surface area contributed by atoms with Crippen molar-refractivity contribution in [2.24, 2.45) is 0 Å². The van der Waals surface area contributed by atoms with Crippen LogP contribution >= 0.6 is 0 Å².